The summed E-state index contributed by atoms with van der Waals surface area (Å²) in [7, 11) is 0. The minimum atomic E-state index is -0.543. The summed E-state index contributed by atoms with van der Waals surface area (Å²) in [5.41, 5.74) is 1.19. The summed E-state index contributed by atoms with van der Waals surface area (Å²) < 4.78 is 26.6. The number of oxime groups is 1. The van der Waals surface area contributed by atoms with Crippen LogP contribution >= 0.6 is 11.6 Å². The van der Waals surface area contributed by atoms with E-state index in [1.807, 2.05) is 6.07 Å². The molecule has 0 saturated heterocycles. The third-order valence-corrected chi connectivity index (χ3v) is 2.88. The Kier molecular flexibility index (Phi) is 4.69. The standard InChI is InChI=1S/C15H12ClF2NO/c1-10(14-8-13(17)5-6-15(14)18)19-20-9-11-3-2-4-12(16)7-11/h2-8H,9H2,1H3/b19-10+. The van der Waals surface area contributed by atoms with E-state index in [-0.39, 0.29) is 17.9 Å². The second-order valence-electron chi connectivity index (χ2n) is 4.20. The van der Waals surface area contributed by atoms with Crippen LogP contribution in [-0.4, -0.2) is 5.71 Å². The van der Waals surface area contributed by atoms with Gasteiger partial charge in [0, 0.05) is 10.6 Å². The molecule has 2 aromatic carbocycles. The highest BCUT2D eigenvalue weighted by Gasteiger charge is 2.07. The minimum Gasteiger partial charge on any atom is -0.391 e. The Hall–Kier alpha value is -1.94. The van der Waals surface area contributed by atoms with E-state index in [2.05, 4.69) is 5.16 Å². The van der Waals surface area contributed by atoms with Crippen molar-refractivity contribution >= 4 is 17.3 Å². The van der Waals surface area contributed by atoms with Crippen LogP contribution in [0.5, 0.6) is 0 Å². The van der Waals surface area contributed by atoms with Gasteiger partial charge in [-0.05, 0) is 42.8 Å². The third kappa shape index (κ3) is 3.78. The molecule has 0 saturated carbocycles. The molecule has 2 nitrogen and oxygen atoms in total. The fourth-order valence-electron chi connectivity index (χ4n) is 1.65. The summed E-state index contributed by atoms with van der Waals surface area (Å²) in [5, 5.41) is 4.39. The van der Waals surface area contributed by atoms with Crippen LogP contribution < -0.4 is 0 Å². The highest BCUT2D eigenvalue weighted by Crippen LogP contribution is 2.13. The van der Waals surface area contributed by atoms with Crippen LogP contribution in [0, 0.1) is 11.6 Å². The Balaban J connectivity index is 2.06. The molecule has 0 aliphatic carbocycles. The molecule has 0 heterocycles. The highest BCUT2D eigenvalue weighted by molar-refractivity contribution is 6.30. The zero-order valence-electron chi connectivity index (χ0n) is 10.7. The summed E-state index contributed by atoms with van der Waals surface area (Å²) in [5.74, 6) is -1.07. The molecule has 0 aliphatic rings. The predicted molar refractivity (Wildman–Crippen MR) is 74.8 cm³/mol. The Labute approximate surface area is 120 Å². The second kappa shape index (κ2) is 6.48. The Morgan fingerprint density at radius 3 is 2.75 bits per heavy atom. The van der Waals surface area contributed by atoms with E-state index < -0.39 is 11.6 Å². The van der Waals surface area contributed by atoms with Gasteiger partial charge in [0.1, 0.15) is 18.2 Å². The Morgan fingerprint density at radius 2 is 2.00 bits per heavy atom. The smallest absolute Gasteiger partial charge is 0.142 e. The van der Waals surface area contributed by atoms with Gasteiger partial charge in [-0.25, -0.2) is 8.78 Å². The average molecular weight is 296 g/mol. The molecule has 0 unspecified atom stereocenters. The van der Waals surface area contributed by atoms with Gasteiger partial charge in [-0.3, -0.25) is 0 Å². The van der Waals surface area contributed by atoms with Gasteiger partial charge in [-0.15, -0.1) is 0 Å². The van der Waals surface area contributed by atoms with Crippen LogP contribution in [0.4, 0.5) is 8.78 Å². The first-order valence-corrected chi connectivity index (χ1v) is 6.30. The van der Waals surface area contributed by atoms with Gasteiger partial charge in [0.2, 0.25) is 0 Å². The lowest BCUT2D eigenvalue weighted by molar-refractivity contribution is 0.130. The number of nitrogens with zero attached hydrogens (tertiary/aromatic N) is 1. The van der Waals surface area contributed by atoms with Crippen molar-refractivity contribution in [1.29, 1.82) is 0 Å². The van der Waals surface area contributed by atoms with Gasteiger partial charge < -0.3 is 4.84 Å². The predicted octanol–water partition coefficient (Wildman–Crippen LogP) is 4.56. The molecule has 20 heavy (non-hydrogen) atoms. The van der Waals surface area contributed by atoms with Gasteiger partial charge in [-0.2, -0.15) is 0 Å². The summed E-state index contributed by atoms with van der Waals surface area (Å²) in [6.45, 7) is 1.75. The maximum absolute atomic E-state index is 13.5. The van der Waals surface area contributed by atoms with E-state index in [1.54, 1.807) is 25.1 Å². The van der Waals surface area contributed by atoms with Crippen LogP contribution in [0.1, 0.15) is 18.1 Å². The number of hydrogen-bond donors (Lipinski definition) is 0. The first-order valence-electron chi connectivity index (χ1n) is 5.92. The van der Waals surface area contributed by atoms with Crippen molar-refractivity contribution in [2.75, 3.05) is 0 Å². The maximum atomic E-state index is 13.5. The van der Waals surface area contributed by atoms with Crippen molar-refractivity contribution in [1.82, 2.24) is 0 Å². The van der Waals surface area contributed by atoms with Crippen LogP contribution in [0.25, 0.3) is 0 Å². The summed E-state index contributed by atoms with van der Waals surface area (Å²) in [6, 6.07) is 10.3. The lowest BCUT2D eigenvalue weighted by Crippen LogP contribution is -2.01. The number of halogens is 3. The monoisotopic (exact) mass is 295 g/mol. The minimum absolute atomic E-state index is 0.0797. The molecule has 5 heteroatoms. The van der Waals surface area contributed by atoms with Crippen LogP contribution in [0.2, 0.25) is 5.02 Å². The van der Waals surface area contributed by atoms with E-state index in [4.69, 9.17) is 16.4 Å². The van der Waals surface area contributed by atoms with E-state index >= 15 is 0 Å². The largest absolute Gasteiger partial charge is 0.391 e. The molecule has 0 amide bonds. The fraction of sp³-hybridized carbons (Fsp3) is 0.133. The van der Waals surface area contributed by atoms with Crippen molar-refractivity contribution in [3.63, 3.8) is 0 Å². The lowest BCUT2D eigenvalue weighted by Gasteiger charge is -2.04. The molecule has 0 fully saturated rings. The molecule has 0 atom stereocenters. The van der Waals surface area contributed by atoms with Crippen LogP contribution in [0.15, 0.2) is 47.6 Å². The van der Waals surface area contributed by atoms with Crippen molar-refractivity contribution < 1.29 is 13.6 Å². The molecule has 104 valence electrons. The summed E-state index contributed by atoms with van der Waals surface area (Å²) >= 11 is 5.84. The highest BCUT2D eigenvalue weighted by atomic mass is 35.5. The van der Waals surface area contributed by atoms with E-state index in [0.29, 0.717) is 5.02 Å². The van der Waals surface area contributed by atoms with Gasteiger partial charge in [-0.1, -0.05) is 28.9 Å². The van der Waals surface area contributed by atoms with E-state index in [0.717, 1.165) is 23.8 Å². The molecule has 0 bridgehead atoms. The molecule has 2 rings (SSSR count). The SMILES string of the molecule is C/C(=N\OCc1cccc(Cl)c1)c1cc(F)ccc1F. The second-order valence-corrected chi connectivity index (χ2v) is 4.64. The molecular weight excluding hydrogens is 284 g/mol. The molecule has 0 aliphatic heterocycles. The molecule has 2 aromatic rings. The first kappa shape index (κ1) is 14.5. The van der Waals surface area contributed by atoms with E-state index in [9.17, 15) is 8.78 Å². The normalized spacial score (nSPS) is 11.5. The maximum Gasteiger partial charge on any atom is 0.142 e. The van der Waals surface area contributed by atoms with Gasteiger partial charge in [0.15, 0.2) is 0 Å². The van der Waals surface area contributed by atoms with Crippen molar-refractivity contribution in [2.45, 2.75) is 13.5 Å². The Bertz CT molecular complexity index is 644. The number of hydrogen-bond acceptors (Lipinski definition) is 2. The number of benzene rings is 2. The molecular formula is C15H12ClF2NO. The van der Waals surface area contributed by atoms with Crippen molar-refractivity contribution in [2.24, 2.45) is 5.16 Å². The zero-order chi connectivity index (χ0) is 14.5. The van der Waals surface area contributed by atoms with Crippen LogP contribution in [-0.2, 0) is 11.4 Å². The molecule has 0 N–H and O–H groups in total. The quantitative estimate of drug-likeness (QED) is 0.598. The van der Waals surface area contributed by atoms with Gasteiger partial charge >= 0.3 is 0 Å². The Morgan fingerprint density at radius 1 is 1.20 bits per heavy atom. The summed E-state index contributed by atoms with van der Waals surface area (Å²) in [6.07, 6.45) is 0. The van der Waals surface area contributed by atoms with Crippen molar-refractivity contribution in [3.05, 3.63) is 70.2 Å². The summed E-state index contributed by atoms with van der Waals surface area (Å²) in [4.78, 5) is 5.13. The zero-order valence-corrected chi connectivity index (χ0v) is 11.5. The molecule has 0 radical (unpaired) electrons. The fourth-order valence-corrected chi connectivity index (χ4v) is 1.87. The van der Waals surface area contributed by atoms with Gasteiger partial charge in [0.25, 0.3) is 0 Å². The van der Waals surface area contributed by atoms with Crippen molar-refractivity contribution in [3.8, 4) is 0 Å². The van der Waals surface area contributed by atoms with E-state index in [1.165, 1.54) is 0 Å². The lowest BCUT2D eigenvalue weighted by atomic mass is 10.1. The number of rotatable bonds is 4. The average Bonchev–Trinajstić information content (AvgIpc) is 2.41. The van der Waals surface area contributed by atoms with Gasteiger partial charge in [0.05, 0.1) is 5.71 Å². The van der Waals surface area contributed by atoms with Crippen LogP contribution in [0.3, 0.4) is 0 Å². The third-order valence-electron chi connectivity index (χ3n) is 2.64. The molecule has 0 aromatic heterocycles. The molecule has 0 spiro atoms. The topological polar surface area (TPSA) is 21.6 Å². The first-order chi connectivity index (χ1) is 9.56.